The summed E-state index contributed by atoms with van der Waals surface area (Å²) in [6.45, 7) is 11.3. The van der Waals surface area contributed by atoms with Gasteiger partial charge in [-0.3, -0.25) is 0 Å². The van der Waals surface area contributed by atoms with Crippen molar-refractivity contribution in [2.45, 2.75) is 70.9 Å². The summed E-state index contributed by atoms with van der Waals surface area (Å²) in [4.78, 5) is 0. The fourth-order valence-corrected chi connectivity index (χ4v) is 4.79. The van der Waals surface area contributed by atoms with E-state index in [1.165, 1.54) is 43.6 Å². The molecule has 0 bridgehead atoms. The SMILES string of the molecule is CC(CNC(C)(C)C)CC1CCOC2(CCSCC2)C1. The largest absolute Gasteiger partial charge is 0.375 e. The van der Waals surface area contributed by atoms with Gasteiger partial charge in [0.05, 0.1) is 5.60 Å². The van der Waals surface area contributed by atoms with E-state index in [2.05, 4.69) is 44.8 Å². The highest BCUT2D eigenvalue weighted by Gasteiger charge is 2.38. The molecule has 2 unspecified atom stereocenters. The summed E-state index contributed by atoms with van der Waals surface area (Å²) in [6.07, 6.45) is 6.51. The van der Waals surface area contributed by atoms with Crippen molar-refractivity contribution in [2.24, 2.45) is 11.8 Å². The van der Waals surface area contributed by atoms with Crippen molar-refractivity contribution < 1.29 is 4.74 Å². The van der Waals surface area contributed by atoms with Crippen molar-refractivity contribution in [3.63, 3.8) is 0 Å². The standard InChI is InChI=1S/C17H33NOS/c1-14(13-18-16(2,3)4)11-15-5-8-19-17(12-15)6-9-20-10-7-17/h14-15,18H,5-13H2,1-4H3. The van der Waals surface area contributed by atoms with Crippen LogP contribution in [-0.4, -0.2) is 35.8 Å². The van der Waals surface area contributed by atoms with E-state index in [1.807, 2.05) is 0 Å². The molecule has 0 aromatic rings. The van der Waals surface area contributed by atoms with Gasteiger partial charge in [0.25, 0.3) is 0 Å². The van der Waals surface area contributed by atoms with Gasteiger partial charge in [-0.2, -0.15) is 11.8 Å². The minimum absolute atomic E-state index is 0.242. The van der Waals surface area contributed by atoms with Crippen molar-refractivity contribution in [1.29, 1.82) is 0 Å². The van der Waals surface area contributed by atoms with Gasteiger partial charge in [0.15, 0.2) is 0 Å². The Morgan fingerprint density at radius 2 is 2.00 bits per heavy atom. The molecule has 2 aliphatic heterocycles. The lowest BCUT2D eigenvalue weighted by atomic mass is 9.78. The molecule has 20 heavy (non-hydrogen) atoms. The lowest BCUT2D eigenvalue weighted by Gasteiger charge is -2.44. The van der Waals surface area contributed by atoms with Crippen molar-refractivity contribution in [3.05, 3.63) is 0 Å². The van der Waals surface area contributed by atoms with Crippen molar-refractivity contribution in [2.75, 3.05) is 24.7 Å². The smallest absolute Gasteiger partial charge is 0.0700 e. The predicted octanol–water partition coefficient (Wildman–Crippen LogP) is 4.09. The maximum Gasteiger partial charge on any atom is 0.0700 e. The Morgan fingerprint density at radius 3 is 2.65 bits per heavy atom. The van der Waals surface area contributed by atoms with Gasteiger partial charge in [-0.1, -0.05) is 6.92 Å². The lowest BCUT2D eigenvalue weighted by Crippen LogP contribution is -2.44. The quantitative estimate of drug-likeness (QED) is 0.844. The first-order valence-electron chi connectivity index (χ1n) is 8.35. The van der Waals surface area contributed by atoms with Crippen LogP contribution in [0.5, 0.6) is 0 Å². The summed E-state index contributed by atoms with van der Waals surface area (Å²) < 4.78 is 6.20. The van der Waals surface area contributed by atoms with Crippen LogP contribution in [0.15, 0.2) is 0 Å². The summed E-state index contributed by atoms with van der Waals surface area (Å²) in [5, 5.41) is 3.65. The van der Waals surface area contributed by atoms with Crippen LogP contribution in [0.25, 0.3) is 0 Å². The van der Waals surface area contributed by atoms with Crippen LogP contribution in [0.3, 0.4) is 0 Å². The Bertz CT molecular complexity index is 288. The lowest BCUT2D eigenvalue weighted by molar-refractivity contribution is -0.104. The molecule has 2 fully saturated rings. The topological polar surface area (TPSA) is 21.3 Å². The van der Waals surface area contributed by atoms with E-state index in [0.29, 0.717) is 0 Å². The first-order valence-corrected chi connectivity index (χ1v) is 9.51. The molecule has 2 rings (SSSR count). The van der Waals surface area contributed by atoms with Crippen LogP contribution >= 0.6 is 11.8 Å². The first kappa shape index (κ1) is 16.6. The van der Waals surface area contributed by atoms with Gasteiger partial charge >= 0.3 is 0 Å². The number of hydrogen-bond acceptors (Lipinski definition) is 3. The fourth-order valence-electron chi connectivity index (χ4n) is 3.56. The second-order valence-electron chi connectivity index (χ2n) is 7.97. The van der Waals surface area contributed by atoms with Gasteiger partial charge in [-0.15, -0.1) is 0 Å². The summed E-state index contributed by atoms with van der Waals surface area (Å²) in [7, 11) is 0. The number of thioether (sulfide) groups is 1. The highest BCUT2D eigenvalue weighted by Crippen LogP contribution is 2.41. The summed E-state index contributed by atoms with van der Waals surface area (Å²) >= 11 is 2.10. The highest BCUT2D eigenvalue weighted by molar-refractivity contribution is 7.99. The zero-order valence-corrected chi connectivity index (χ0v) is 14.7. The average Bonchev–Trinajstić information content (AvgIpc) is 2.37. The molecule has 2 nitrogen and oxygen atoms in total. The molecule has 0 amide bonds. The molecule has 0 aliphatic carbocycles. The normalized spacial score (nSPS) is 28.5. The Hall–Kier alpha value is 0.270. The first-order chi connectivity index (χ1) is 9.39. The highest BCUT2D eigenvalue weighted by atomic mass is 32.2. The molecule has 0 aromatic heterocycles. The van der Waals surface area contributed by atoms with E-state index in [-0.39, 0.29) is 11.1 Å². The molecule has 1 spiro atoms. The Balaban J connectivity index is 1.77. The molecule has 118 valence electrons. The van der Waals surface area contributed by atoms with Crippen LogP contribution in [-0.2, 0) is 4.74 Å². The number of rotatable bonds is 4. The van der Waals surface area contributed by atoms with Crippen LogP contribution in [0.2, 0.25) is 0 Å². The number of ether oxygens (including phenoxy) is 1. The fraction of sp³-hybridized carbons (Fsp3) is 1.00. The predicted molar refractivity (Wildman–Crippen MR) is 89.5 cm³/mol. The number of hydrogen-bond donors (Lipinski definition) is 1. The Kier molecular flexibility index (Phi) is 5.84. The third-order valence-electron chi connectivity index (χ3n) is 4.72. The van der Waals surface area contributed by atoms with Crippen LogP contribution in [0, 0.1) is 11.8 Å². The van der Waals surface area contributed by atoms with E-state index < -0.39 is 0 Å². The van der Waals surface area contributed by atoms with Crippen LogP contribution in [0.4, 0.5) is 0 Å². The summed E-state index contributed by atoms with van der Waals surface area (Å²) in [6, 6.07) is 0. The van der Waals surface area contributed by atoms with Gasteiger partial charge in [-0.05, 0) is 82.8 Å². The molecule has 2 atom stereocenters. The minimum atomic E-state index is 0.242. The monoisotopic (exact) mass is 299 g/mol. The second-order valence-corrected chi connectivity index (χ2v) is 9.20. The van der Waals surface area contributed by atoms with E-state index in [4.69, 9.17) is 4.74 Å². The average molecular weight is 300 g/mol. The molecule has 0 saturated carbocycles. The maximum absolute atomic E-state index is 6.20. The molecule has 2 aliphatic rings. The van der Waals surface area contributed by atoms with Crippen molar-refractivity contribution in [1.82, 2.24) is 5.32 Å². The van der Waals surface area contributed by atoms with E-state index in [0.717, 1.165) is 25.0 Å². The summed E-state index contributed by atoms with van der Waals surface area (Å²) in [5.41, 5.74) is 0.497. The molecule has 3 heteroatoms. The van der Waals surface area contributed by atoms with Crippen molar-refractivity contribution in [3.8, 4) is 0 Å². The number of nitrogens with one attached hydrogen (secondary N) is 1. The minimum Gasteiger partial charge on any atom is -0.375 e. The van der Waals surface area contributed by atoms with Gasteiger partial charge in [-0.25, -0.2) is 0 Å². The molecule has 2 heterocycles. The van der Waals surface area contributed by atoms with E-state index in [1.54, 1.807) is 0 Å². The van der Waals surface area contributed by atoms with Gasteiger partial charge in [0.1, 0.15) is 0 Å². The van der Waals surface area contributed by atoms with Gasteiger partial charge < -0.3 is 10.1 Å². The zero-order valence-electron chi connectivity index (χ0n) is 13.8. The van der Waals surface area contributed by atoms with E-state index >= 15 is 0 Å². The Morgan fingerprint density at radius 1 is 1.30 bits per heavy atom. The molecule has 1 N–H and O–H groups in total. The third kappa shape index (κ3) is 5.23. The van der Waals surface area contributed by atoms with Crippen LogP contribution in [0.1, 0.15) is 59.8 Å². The van der Waals surface area contributed by atoms with E-state index in [9.17, 15) is 0 Å². The summed E-state index contributed by atoms with van der Waals surface area (Å²) in [5.74, 6) is 4.25. The second kappa shape index (κ2) is 7.02. The maximum atomic E-state index is 6.20. The van der Waals surface area contributed by atoms with Crippen molar-refractivity contribution >= 4 is 11.8 Å². The molecular formula is C17H33NOS. The zero-order chi connectivity index (χ0) is 14.6. The van der Waals surface area contributed by atoms with Gasteiger partial charge in [0, 0.05) is 12.1 Å². The Labute approximate surface area is 129 Å². The molecule has 0 aromatic carbocycles. The van der Waals surface area contributed by atoms with Gasteiger partial charge in [0.2, 0.25) is 0 Å². The van der Waals surface area contributed by atoms with Crippen LogP contribution < -0.4 is 5.32 Å². The third-order valence-corrected chi connectivity index (χ3v) is 5.70. The molecule has 2 saturated heterocycles. The molecule has 0 radical (unpaired) electrons. The molecular weight excluding hydrogens is 266 g/mol.